The number of hydrogen-bond donors (Lipinski definition) is 1. The van der Waals surface area contributed by atoms with Crippen molar-refractivity contribution >= 4 is 21.6 Å². The second kappa shape index (κ2) is 8.31. The van der Waals surface area contributed by atoms with Gasteiger partial charge in [-0.25, -0.2) is 12.8 Å². The van der Waals surface area contributed by atoms with Crippen molar-refractivity contribution in [3.63, 3.8) is 0 Å². The number of rotatable bonds is 7. The van der Waals surface area contributed by atoms with Crippen molar-refractivity contribution in [3.05, 3.63) is 65.5 Å². The molecular weight excluding hydrogens is 355 g/mol. The first kappa shape index (κ1) is 19.9. The highest BCUT2D eigenvalue weighted by molar-refractivity contribution is 7.92. The molecule has 140 valence electrons. The average molecular weight is 378 g/mol. The van der Waals surface area contributed by atoms with E-state index >= 15 is 0 Å². The molecule has 1 amide bonds. The SMILES string of the molecule is CCc1ccc([C@H](C)NC(=O)CN(c2ccccc2F)S(C)(=O)=O)cc1. The molecule has 0 saturated carbocycles. The van der Waals surface area contributed by atoms with Crippen LogP contribution in [0.3, 0.4) is 0 Å². The fraction of sp³-hybridized carbons (Fsp3) is 0.316. The number of nitrogens with one attached hydrogen (secondary N) is 1. The summed E-state index contributed by atoms with van der Waals surface area (Å²) >= 11 is 0. The van der Waals surface area contributed by atoms with Crippen LogP contribution in [-0.2, 0) is 21.2 Å². The highest BCUT2D eigenvalue weighted by Crippen LogP contribution is 2.21. The van der Waals surface area contributed by atoms with Crippen LogP contribution in [-0.4, -0.2) is 27.1 Å². The number of anilines is 1. The van der Waals surface area contributed by atoms with E-state index in [2.05, 4.69) is 12.2 Å². The van der Waals surface area contributed by atoms with E-state index in [1.54, 1.807) is 0 Å². The fourth-order valence-corrected chi connectivity index (χ4v) is 3.44. The molecule has 0 aliphatic rings. The van der Waals surface area contributed by atoms with Gasteiger partial charge in [0.05, 0.1) is 18.0 Å². The van der Waals surface area contributed by atoms with E-state index in [0.717, 1.165) is 28.6 Å². The summed E-state index contributed by atoms with van der Waals surface area (Å²) in [7, 11) is -3.81. The Morgan fingerprint density at radius 1 is 1.15 bits per heavy atom. The topological polar surface area (TPSA) is 66.5 Å². The summed E-state index contributed by atoms with van der Waals surface area (Å²) in [5, 5.41) is 2.76. The Kier molecular flexibility index (Phi) is 6.37. The highest BCUT2D eigenvalue weighted by atomic mass is 32.2. The lowest BCUT2D eigenvalue weighted by atomic mass is 10.1. The van der Waals surface area contributed by atoms with Crippen LogP contribution in [0.1, 0.15) is 31.0 Å². The van der Waals surface area contributed by atoms with Gasteiger partial charge >= 0.3 is 0 Å². The Morgan fingerprint density at radius 3 is 2.31 bits per heavy atom. The Bertz CT molecular complexity index is 867. The van der Waals surface area contributed by atoms with Gasteiger partial charge in [-0.15, -0.1) is 0 Å². The van der Waals surface area contributed by atoms with E-state index in [1.807, 2.05) is 31.2 Å². The van der Waals surface area contributed by atoms with Crippen LogP contribution in [0, 0.1) is 5.82 Å². The number of carbonyl (C=O) groups is 1. The fourth-order valence-electron chi connectivity index (χ4n) is 2.58. The minimum Gasteiger partial charge on any atom is -0.348 e. The number of amides is 1. The normalized spacial score (nSPS) is 12.5. The summed E-state index contributed by atoms with van der Waals surface area (Å²) in [6.07, 6.45) is 1.87. The number of para-hydroxylation sites is 1. The standard InChI is InChI=1S/C19H23FN2O3S/c1-4-15-9-11-16(12-10-15)14(2)21-19(23)13-22(26(3,24)25)18-8-6-5-7-17(18)20/h5-12,14H,4,13H2,1-3H3,(H,21,23)/t14-/m0/s1. The van der Waals surface area contributed by atoms with Gasteiger partial charge < -0.3 is 5.32 Å². The zero-order valence-electron chi connectivity index (χ0n) is 15.1. The number of benzene rings is 2. The number of hydrogen-bond acceptors (Lipinski definition) is 3. The number of sulfonamides is 1. The maximum Gasteiger partial charge on any atom is 0.241 e. The van der Waals surface area contributed by atoms with E-state index in [-0.39, 0.29) is 11.7 Å². The first-order chi connectivity index (χ1) is 12.2. The lowest BCUT2D eigenvalue weighted by molar-refractivity contribution is -0.120. The van der Waals surface area contributed by atoms with Crippen molar-refractivity contribution < 1.29 is 17.6 Å². The molecule has 0 unspecified atom stereocenters. The summed E-state index contributed by atoms with van der Waals surface area (Å²) in [6.45, 7) is 3.38. The third-order valence-electron chi connectivity index (χ3n) is 4.07. The van der Waals surface area contributed by atoms with Gasteiger partial charge in [-0.2, -0.15) is 0 Å². The van der Waals surface area contributed by atoms with Gasteiger partial charge in [0.2, 0.25) is 15.9 Å². The van der Waals surface area contributed by atoms with Gasteiger partial charge in [0, 0.05) is 0 Å². The number of halogens is 1. The van der Waals surface area contributed by atoms with Crippen molar-refractivity contribution in [2.45, 2.75) is 26.3 Å². The molecule has 0 aromatic heterocycles. The van der Waals surface area contributed by atoms with Crippen molar-refractivity contribution in [2.75, 3.05) is 17.1 Å². The molecule has 2 aromatic rings. The van der Waals surface area contributed by atoms with Crippen LogP contribution >= 0.6 is 0 Å². The molecular formula is C19H23FN2O3S. The lowest BCUT2D eigenvalue weighted by Crippen LogP contribution is -2.41. The first-order valence-electron chi connectivity index (χ1n) is 8.32. The predicted octanol–water partition coefficient (Wildman–Crippen LogP) is 3.03. The molecule has 1 N–H and O–H groups in total. The molecule has 0 aliphatic carbocycles. The van der Waals surface area contributed by atoms with E-state index in [0.29, 0.717) is 0 Å². The van der Waals surface area contributed by atoms with Gasteiger partial charge in [0.15, 0.2) is 0 Å². The van der Waals surface area contributed by atoms with Gasteiger partial charge in [-0.05, 0) is 36.6 Å². The Morgan fingerprint density at radius 2 is 1.77 bits per heavy atom. The van der Waals surface area contributed by atoms with E-state index in [1.165, 1.54) is 23.8 Å². The quantitative estimate of drug-likeness (QED) is 0.805. The highest BCUT2D eigenvalue weighted by Gasteiger charge is 2.24. The van der Waals surface area contributed by atoms with Crippen molar-refractivity contribution in [2.24, 2.45) is 0 Å². The molecule has 26 heavy (non-hydrogen) atoms. The Labute approximate surface area is 153 Å². The van der Waals surface area contributed by atoms with Crippen molar-refractivity contribution in [3.8, 4) is 0 Å². The summed E-state index contributed by atoms with van der Waals surface area (Å²) < 4.78 is 38.8. The second-order valence-electron chi connectivity index (χ2n) is 6.11. The Balaban J connectivity index is 2.13. The Hall–Kier alpha value is -2.41. The van der Waals surface area contributed by atoms with Gasteiger partial charge in [-0.1, -0.05) is 43.3 Å². The monoisotopic (exact) mass is 378 g/mol. The minimum atomic E-state index is -3.81. The van der Waals surface area contributed by atoms with Gasteiger partial charge in [0.1, 0.15) is 12.4 Å². The third kappa shape index (κ3) is 5.05. The van der Waals surface area contributed by atoms with E-state index < -0.39 is 28.3 Å². The minimum absolute atomic E-state index is 0.148. The predicted molar refractivity (Wildman–Crippen MR) is 101 cm³/mol. The molecule has 0 bridgehead atoms. The third-order valence-corrected chi connectivity index (χ3v) is 5.20. The second-order valence-corrected chi connectivity index (χ2v) is 8.01. The maximum absolute atomic E-state index is 14.0. The number of nitrogens with zero attached hydrogens (tertiary/aromatic N) is 1. The molecule has 0 spiro atoms. The molecule has 0 radical (unpaired) electrons. The number of carbonyl (C=O) groups excluding carboxylic acids is 1. The molecule has 1 atom stereocenters. The maximum atomic E-state index is 14.0. The van der Waals surface area contributed by atoms with Crippen LogP contribution in [0.4, 0.5) is 10.1 Å². The van der Waals surface area contributed by atoms with E-state index in [4.69, 9.17) is 0 Å². The largest absolute Gasteiger partial charge is 0.348 e. The smallest absolute Gasteiger partial charge is 0.241 e. The van der Waals surface area contributed by atoms with Crippen LogP contribution in [0.25, 0.3) is 0 Å². The summed E-state index contributed by atoms with van der Waals surface area (Å²) in [4.78, 5) is 12.4. The molecule has 2 rings (SSSR count). The molecule has 0 aliphatic heterocycles. The molecule has 5 nitrogen and oxygen atoms in total. The van der Waals surface area contributed by atoms with Crippen LogP contribution in [0.5, 0.6) is 0 Å². The van der Waals surface area contributed by atoms with Crippen molar-refractivity contribution in [1.29, 1.82) is 0 Å². The summed E-state index contributed by atoms with van der Waals surface area (Å²) in [6, 6.07) is 13.0. The molecule has 0 heterocycles. The van der Waals surface area contributed by atoms with Crippen molar-refractivity contribution in [1.82, 2.24) is 5.32 Å². The van der Waals surface area contributed by atoms with Gasteiger partial charge in [-0.3, -0.25) is 9.10 Å². The summed E-state index contributed by atoms with van der Waals surface area (Å²) in [5.74, 6) is -1.21. The lowest BCUT2D eigenvalue weighted by Gasteiger charge is -2.23. The number of aryl methyl sites for hydroxylation is 1. The van der Waals surface area contributed by atoms with Crippen LogP contribution in [0.2, 0.25) is 0 Å². The zero-order chi connectivity index (χ0) is 19.3. The van der Waals surface area contributed by atoms with Crippen LogP contribution in [0.15, 0.2) is 48.5 Å². The molecule has 0 fully saturated rings. The molecule has 2 aromatic carbocycles. The average Bonchev–Trinajstić information content (AvgIpc) is 2.59. The zero-order valence-corrected chi connectivity index (χ0v) is 15.9. The summed E-state index contributed by atoms with van der Waals surface area (Å²) in [5.41, 5.74) is 1.95. The van der Waals surface area contributed by atoms with E-state index in [9.17, 15) is 17.6 Å². The van der Waals surface area contributed by atoms with Gasteiger partial charge in [0.25, 0.3) is 0 Å². The first-order valence-corrected chi connectivity index (χ1v) is 10.2. The molecule has 7 heteroatoms. The van der Waals surface area contributed by atoms with Crippen LogP contribution < -0.4 is 9.62 Å². The molecule has 0 saturated heterocycles.